The highest BCUT2D eigenvalue weighted by Gasteiger charge is 2.35. The predicted octanol–water partition coefficient (Wildman–Crippen LogP) is 5.40. The minimum atomic E-state index is -3.77. The molecule has 0 saturated heterocycles. The first-order valence-electron chi connectivity index (χ1n) is 9.86. The summed E-state index contributed by atoms with van der Waals surface area (Å²) in [4.78, 5) is 19.2. The van der Waals surface area contributed by atoms with Crippen LogP contribution in [0.15, 0.2) is 53.1 Å². The largest absolute Gasteiger partial charge is 0.463 e. The predicted molar refractivity (Wildman–Crippen MR) is 111 cm³/mol. The standard InChI is InChI=1S/C22H16ClF3N4O2/c1-12-4-5-13-9-14(24)6-7-17(13)29(12)21(31)16-11-20-27-15(18-3-2-8-32-18)10-19(22(23,25)26)30(20)28-16/h2-3,6-12H,4-5H2,1H3. The fraction of sp³-hybridized carbons (Fsp3) is 0.227. The second kappa shape index (κ2) is 7.37. The summed E-state index contributed by atoms with van der Waals surface area (Å²) in [5.74, 6) is -0.620. The summed E-state index contributed by atoms with van der Waals surface area (Å²) in [7, 11) is 0. The van der Waals surface area contributed by atoms with Crippen LogP contribution < -0.4 is 4.90 Å². The zero-order valence-electron chi connectivity index (χ0n) is 16.7. The Balaban J connectivity index is 1.63. The molecule has 3 aromatic heterocycles. The highest BCUT2D eigenvalue weighted by atomic mass is 35.5. The van der Waals surface area contributed by atoms with Crippen LogP contribution in [0, 0.1) is 5.82 Å². The Morgan fingerprint density at radius 2 is 2.06 bits per heavy atom. The van der Waals surface area contributed by atoms with Gasteiger partial charge in [0.05, 0.1) is 6.26 Å². The van der Waals surface area contributed by atoms with E-state index in [0.717, 1.165) is 10.6 Å². The molecule has 1 unspecified atom stereocenters. The van der Waals surface area contributed by atoms with Gasteiger partial charge in [0.1, 0.15) is 17.2 Å². The highest BCUT2D eigenvalue weighted by Crippen LogP contribution is 2.36. The molecule has 1 aliphatic heterocycles. The number of carbonyl (C=O) groups excluding carboxylic acids is 1. The number of aromatic nitrogens is 3. The number of aryl methyl sites for hydroxylation is 1. The van der Waals surface area contributed by atoms with E-state index in [0.29, 0.717) is 24.1 Å². The van der Waals surface area contributed by atoms with E-state index >= 15 is 0 Å². The first-order chi connectivity index (χ1) is 15.2. The third kappa shape index (κ3) is 3.42. The maximum Gasteiger partial charge on any atom is 0.364 e. The molecule has 1 atom stereocenters. The average molecular weight is 461 g/mol. The van der Waals surface area contributed by atoms with E-state index < -0.39 is 17.0 Å². The number of halogens is 4. The molecule has 6 nitrogen and oxygen atoms in total. The van der Waals surface area contributed by atoms with Crippen molar-refractivity contribution in [1.82, 2.24) is 14.6 Å². The van der Waals surface area contributed by atoms with Crippen molar-refractivity contribution < 1.29 is 22.4 Å². The number of hydrogen-bond donors (Lipinski definition) is 0. The van der Waals surface area contributed by atoms with Crippen molar-refractivity contribution in [3.63, 3.8) is 0 Å². The van der Waals surface area contributed by atoms with Crippen LogP contribution in [0.5, 0.6) is 0 Å². The van der Waals surface area contributed by atoms with Gasteiger partial charge in [-0.25, -0.2) is 13.9 Å². The number of anilines is 1. The Labute approximate surface area is 185 Å². The molecule has 32 heavy (non-hydrogen) atoms. The number of nitrogens with zero attached hydrogens (tertiary/aromatic N) is 4. The van der Waals surface area contributed by atoms with Crippen LogP contribution in [0.2, 0.25) is 0 Å². The van der Waals surface area contributed by atoms with Crippen molar-refractivity contribution in [2.45, 2.75) is 31.2 Å². The molecular formula is C22H16ClF3N4O2. The lowest BCUT2D eigenvalue weighted by atomic mass is 9.96. The molecule has 10 heteroatoms. The second-order valence-electron chi connectivity index (χ2n) is 7.64. The van der Waals surface area contributed by atoms with Crippen LogP contribution >= 0.6 is 11.6 Å². The summed E-state index contributed by atoms with van der Waals surface area (Å²) < 4.78 is 48.2. The summed E-state index contributed by atoms with van der Waals surface area (Å²) in [5.41, 5.74) is 0.681. The molecule has 0 N–H and O–H groups in total. The van der Waals surface area contributed by atoms with Crippen molar-refractivity contribution in [3.8, 4) is 11.5 Å². The molecule has 0 fully saturated rings. The van der Waals surface area contributed by atoms with Gasteiger partial charge in [-0.3, -0.25) is 4.79 Å². The van der Waals surface area contributed by atoms with Crippen LogP contribution in [-0.2, 0) is 11.8 Å². The molecule has 5 rings (SSSR count). The summed E-state index contributed by atoms with van der Waals surface area (Å²) in [6.07, 6.45) is 2.64. The van der Waals surface area contributed by atoms with E-state index in [2.05, 4.69) is 10.1 Å². The Kier molecular flexibility index (Phi) is 4.74. The smallest absolute Gasteiger partial charge is 0.364 e. The Hall–Kier alpha value is -3.33. The maximum atomic E-state index is 14.2. The van der Waals surface area contributed by atoms with E-state index in [1.165, 1.54) is 29.4 Å². The van der Waals surface area contributed by atoms with E-state index in [1.807, 2.05) is 6.92 Å². The fourth-order valence-corrected chi connectivity index (χ4v) is 4.12. The van der Waals surface area contributed by atoms with Crippen molar-refractivity contribution >= 4 is 28.8 Å². The summed E-state index contributed by atoms with van der Waals surface area (Å²) in [5, 5.41) is 0.329. The first kappa shape index (κ1) is 20.6. The van der Waals surface area contributed by atoms with Crippen LogP contribution in [-0.4, -0.2) is 26.5 Å². The fourth-order valence-electron chi connectivity index (χ4n) is 3.98. The quantitative estimate of drug-likeness (QED) is 0.384. The average Bonchev–Trinajstić information content (AvgIpc) is 3.41. The third-order valence-electron chi connectivity index (χ3n) is 5.50. The highest BCUT2D eigenvalue weighted by molar-refractivity contribution is 6.21. The number of hydrogen-bond acceptors (Lipinski definition) is 4. The van der Waals surface area contributed by atoms with Gasteiger partial charge in [0.25, 0.3) is 5.91 Å². The van der Waals surface area contributed by atoms with Gasteiger partial charge in [0, 0.05) is 17.8 Å². The molecule has 1 aliphatic rings. The van der Waals surface area contributed by atoms with Crippen molar-refractivity contribution in [1.29, 1.82) is 0 Å². The zero-order chi connectivity index (χ0) is 22.6. The van der Waals surface area contributed by atoms with Gasteiger partial charge >= 0.3 is 5.38 Å². The van der Waals surface area contributed by atoms with Crippen molar-refractivity contribution in [3.05, 3.63) is 71.5 Å². The minimum absolute atomic E-state index is 0.0153. The van der Waals surface area contributed by atoms with Gasteiger partial charge in [-0.1, -0.05) is 0 Å². The molecule has 0 aliphatic carbocycles. The Bertz CT molecular complexity index is 1330. The third-order valence-corrected chi connectivity index (χ3v) is 5.70. The molecule has 0 saturated carbocycles. The number of fused-ring (bicyclic) bond motifs is 2. The molecule has 0 radical (unpaired) electrons. The van der Waals surface area contributed by atoms with Crippen molar-refractivity contribution in [2.75, 3.05) is 4.90 Å². The van der Waals surface area contributed by atoms with Gasteiger partial charge in [-0.15, -0.1) is 0 Å². The lowest BCUT2D eigenvalue weighted by Crippen LogP contribution is -2.42. The second-order valence-corrected chi connectivity index (χ2v) is 8.11. The van der Waals surface area contributed by atoms with E-state index in [1.54, 1.807) is 18.2 Å². The molecule has 1 amide bonds. The molecule has 1 aromatic carbocycles. The summed E-state index contributed by atoms with van der Waals surface area (Å²) >= 11 is 5.33. The Morgan fingerprint density at radius 3 is 2.78 bits per heavy atom. The van der Waals surface area contributed by atoms with Gasteiger partial charge in [-0.2, -0.15) is 13.9 Å². The zero-order valence-corrected chi connectivity index (χ0v) is 17.5. The SMILES string of the molecule is CC1CCc2cc(F)ccc2N1C(=O)c1cc2nc(-c3ccco3)cc(C(F)(F)Cl)n2n1. The number of amides is 1. The number of furan rings is 1. The lowest BCUT2D eigenvalue weighted by molar-refractivity contribution is 0.0867. The number of benzene rings is 1. The van der Waals surface area contributed by atoms with Gasteiger partial charge in [0.15, 0.2) is 17.1 Å². The molecule has 0 bridgehead atoms. The topological polar surface area (TPSA) is 63.6 Å². The normalized spacial score (nSPS) is 16.4. The number of rotatable bonds is 3. The van der Waals surface area contributed by atoms with Crippen LogP contribution in [0.25, 0.3) is 17.1 Å². The lowest BCUT2D eigenvalue weighted by Gasteiger charge is -2.34. The van der Waals surface area contributed by atoms with E-state index in [9.17, 15) is 18.0 Å². The molecule has 0 spiro atoms. The van der Waals surface area contributed by atoms with Gasteiger partial charge in [0.2, 0.25) is 0 Å². The summed E-state index contributed by atoms with van der Waals surface area (Å²) in [6.45, 7) is 1.87. The van der Waals surface area contributed by atoms with Gasteiger partial charge in [-0.05, 0) is 73.3 Å². The van der Waals surface area contributed by atoms with Gasteiger partial charge < -0.3 is 9.32 Å². The van der Waals surface area contributed by atoms with E-state index in [4.69, 9.17) is 16.0 Å². The number of carbonyl (C=O) groups is 1. The van der Waals surface area contributed by atoms with Crippen LogP contribution in [0.4, 0.5) is 18.9 Å². The molecule has 164 valence electrons. The van der Waals surface area contributed by atoms with E-state index in [-0.39, 0.29) is 34.7 Å². The van der Waals surface area contributed by atoms with Crippen molar-refractivity contribution in [2.24, 2.45) is 0 Å². The Morgan fingerprint density at radius 1 is 1.25 bits per heavy atom. The number of alkyl halides is 3. The minimum Gasteiger partial charge on any atom is -0.463 e. The summed E-state index contributed by atoms with van der Waals surface area (Å²) in [6, 6.07) is 9.60. The molecule has 4 aromatic rings. The molecule has 4 heterocycles. The first-order valence-corrected chi connectivity index (χ1v) is 10.2. The molecular weight excluding hydrogens is 445 g/mol. The maximum absolute atomic E-state index is 14.2. The monoisotopic (exact) mass is 460 g/mol. The van der Waals surface area contributed by atoms with Crippen LogP contribution in [0.1, 0.15) is 35.1 Å². The van der Waals surface area contributed by atoms with Crippen LogP contribution in [0.3, 0.4) is 0 Å².